The molecule has 0 atom stereocenters. The molecule has 120 valence electrons. The summed E-state index contributed by atoms with van der Waals surface area (Å²) in [6.07, 6.45) is 3.30. The van der Waals surface area contributed by atoms with Crippen LogP contribution in [-0.2, 0) is 5.41 Å². The Kier molecular flexibility index (Phi) is 5.05. The zero-order valence-corrected chi connectivity index (χ0v) is 14.6. The Balaban J connectivity index is 2.07. The molecule has 23 heavy (non-hydrogen) atoms. The van der Waals surface area contributed by atoms with E-state index in [1.54, 1.807) is 12.3 Å². The van der Waals surface area contributed by atoms with E-state index in [1.165, 1.54) is 5.56 Å². The zero-order valence-electron chi connectivity index (χ0n) is 14.6. The number of ketones is 1. The number of carbonyl (C=O) groups is 1. The number of para-hydroxylation sites is 1. The van der Waals surface area contributed by atoms with Crippen molar-refractivity contribution in [3.8, 4) is 0 Å². The van der Waals surface area contributed by atoms with Crippen molar-refractivity contribution in [1.29, 1.82) is 0 Å². The Bertz CT molecular complexity index is 698. The SMILES string of the molecule is Cc1cccc(C)c1N/C=C\C(=O)c1ccc(C(C)(C)C)cc1. The van der Waals surface area contributed by atoms with Gasteiger partial charge in [0.1, 0.15) is 0 Å². The van der Waals surface area contributed by atoms with Crippen molar-refractivity contribution in [3.63, 3.8) is 0 Å². The van der Waals surface area contributed by atoms with Crippen LogP contribution in [0.25, 0.3) is 0 Å². The molecule has 0 bridgehead atoms. The van der Waals surface area contributed by atoms with Crippen LogP contribution in [0.4, 0.5) is 5.69 Å². The third-order valence-corrected chi connectivity index (χ3v) is 3.98. The van der Waals surface area contributed by atoms with Gasteiger partial charge in [0, 0.05) is 23.5 Å². The fourth-order valence-corrected chi connectivity index (χ4v) is 2.47. The number of benzene rings is 2. The van der Waals surface area contributed by atoms with Gasteiger partial charge < -0.3 is 5.32 Å². The molecule has 2 heteroatoms. The fourth-order valence-electron chi connectivity index (χ4n) is 2.47. The van der Waals surface area contributed by atoms with Gasteiger partial charge in [-0.05, 0) is 36.0 Å². The molecule has 0 aliphatic rings. The van der Waals surface area contributed by atoms with E-state index in [0.717, 1.165) is 16.8 Å². The van der Waals surface area contributed by atoms with E-state index < -0.39 is 0 Å². The van der Waals surface area contributed by atoms with Crippen LogP contribution in [-0.4, -0.2) is 5.78 Å². The Morgan fingerprint density at radius 1 is 0.957 bits per heavy atom. The summed E-state index contributed by atoms with van der Waals surface area (Å²) in [6.45, 7) is 10.6. The first kappa shape index (κ1) is 17.0. The second-order valence-electron chi connectivity index (χ2n) is 6.94. The van der Waals surface area contributed by atoms with E-state index in [-0.39, 0.29) is 11.2 Å². The molecule has 0 aliphatic carbocycles. The van der Waals surface area contributed by atoms with Crippen LogP contribution in [0.3, 0.4) is 0 Å². The summed E-state index contributed by atoms with van der Waals surface area (Å²) in [5.74, 6) is 0.00389. The molecule has 0 fully saturated rings. The van der Waals surface area contributed by atoms with E-state index in [0.29, 0.717) is 5.56 Å². The van der Waals surface area contributed by atoms with E-state index in [2.05, 4.69) is 52.1 Å². The maximum absolute atomic E-state index is 12.2. The average molecular weight is 307 g/mol. The van der Waals surface area contributed by atoms with Crippen LogP contribution in [0.5, 0.6) is 0 Å². The summed E-state index contributed by atoms with van der Waals surface area (Å²) in [4.78, 5) is 12.2. The largest absolute Gasteiger partial charge is 0.361 e. The highest BCUT2D eigenvalue weighted by Gasteiger charge is 2.13. The topological polar surface area (TPSA) is 29.1 Å². The first-order valence-electron chi connectivity index (χ1n) is 7.93. The fraction of sp³-hybridized carbons (Fsp3) is 0.286. The summed E-state index contributed by atoms with van der Waals surface area (Å²) >= 11 is 0. The molecular formula is C21H25NO. The van der Waals surface area contributed by atoms with Gasteiger partial charge in [-0.3, -0.25) is 4.79 Å². The Labute approximate surface area is 139 Å². The number of aryl methyl sites for hydroxylation is 2. The molecule has 0 amide bonds. The zero-order chi connectivity index (χ0) is 17.0. The Morgan fingerprint density at radius 2 is 1.52 bits per heavy atom. The number of allylic oxidation sites excluding steroid dienone is 1. The number of hydrogen-bond acceptors (Lipinski definition) is 2. The second kappa shape index (κ2) is 6.82. The molecule has 0 unspecified atom stereocenters. The van der Waals surface area contributed by atoms with Gasteiger partial charge in [-0.25, -0.2) is 0 Å². The van der Waals surface area contributed by atoms with E-state index in [9.17, 15) is 4.79 Å². The van der Waals surface area contributed by atoms with Crippen molar-refractivity contribution in [3.05, 3.63) is 77.0 Å². The lowest BCUT2D eigenvalue weighted by Crippen LogP contribution is -2.11. The third-order valence-electron chi connectivity index (χ3n) is 3.98. The Hall–Kier alpha value is -2.35. The summed E-state index contributed by atoms with van der Waals surface area (Å²) in [5.41, 5.74) is 5.42. The van der Waals surface area contributed by atoms with Crippen LogP contribution >= 0.6 is 0 Å². The molecule has 2 rings (SSSR count). The van der Waals surface area contributed by atoms with Crippen LogP contribution < -0.4 is 5.32 Å². The first-order chi connectivity index (χ1) is 10.8. The lowest BCUT2D eigenvalue weighted by atomic mass is 9.86. The first-order valence-corrected chi connectivity index (χ1v) is 7.93. The van der Waals surface area contributed by atoms with Crippen molar-refractivity contribution in [2.75, 3.05) is 5.32 Å². The van der Waals surface area contributed by atoms with Crippen molar-refractivity contribution in [2.24, 2.45) is 0 Å². The van der Waals surface area contributed by atoms with Crippen molar-refractivity contribution >= 4 is 11.5 Å². The predicted octanol–water partition coefficient (Wildman–Crippen LogP) is 5.41. The number of rotatable bonds is 4. The summed E-state index contributed by atoms with van der Waals surface area (Å²) in [5, 5.41) is 3.22. The number of nitrogens with one attached hydrogen (secondary N) is 1. The highest BCUT2D eigenvalue weighted by atomic mass is 16.1. The van der Waals surface area contributed by atoms with Crippen molar-refractivity contribution in [1.82, 2.24) is 0 Å². The lowest BCUT2D eigenvalue weighted by molar-refractivity contribution is 0.104. The smallest absolute Gasteiger partial charge is 0.187 e. The van der Waals surface area contributed by atoms with Gasteiger partial charge in [0.2, 0.25) is 0 Å². The van der Waals surface area contributed by atoms with Gasteiger partial charge in [0.15, 0.2) is 5.78 Å². The van der Waals surface area contributed by atoms with E-state index in [4.69, 9.17) is 0 Å². The predicted molar refractivity (Wildman–Crippen MR) is 98.2 cm³/mol. The molecule has 2 aromatic carbocycles. The normalized spacial score (nSPS) is 11.7. The van der Waals surface area contributed by atoms with Gasteiger partial charge in [-0.15, -0.1) is 0 Å². The third kappa shape index (κ3) is 4.32. The highest BCUT2D eigenvalue weighted by Crippen LogP contribution is 2.22. The standard InChI is InChI=1S/C21H25NO/c1-15-7-6-8-16(2)20(15)22-14-13-19(23)17-9-11-18(12-10-17)21(3,4)5/h6-14,22H,1-5H3/b14-13-. The summed E-state index contributed by atoms with van der Waals surface area (Å²) in [7, 11) is 0. The molecule has 0 aromatic heterocycles. The van der Waals surface area contributed by atoms with Gasteiger partial charge in [0.25, 0.3) is 0 Å². The minimum Gasteiger partial charge on any atom is -0.361 e. The quantitative estimate of drug-likeness (QED) is 0.604. The molecule has 0 saturated heterocycles. The number of anilines is 1. The minimum atomic E-state index is 0.00389. The summed E-state index contributed by atoms with van der Waals surface area (Å²) in [6, 6.07) is 14.0. The monoisotopic (exact) mass is 307 g/mol. The van der Waals surface area contributed by atoms with Gasteiger partial charge >= 0.3 is 0 Å². The molecule has 1 N–H and O–H groups in total. The molecule has 2 aromatic rings. The molecule has 0 saturated carbocycles. The molecule has 0 aliphatic heterocycles. The van der Waals surface area contributed by atoms with Crippen LogP contribution in [0.15, 0.2) is 54.7 Å². The van der Waals surface area contributed by atoms with E-state index >= 15 is 0 Å². The van der Waals surface area contributed by atoms with E-state index in [1.807, 2.05) is 30.3 Å². The lowest BCUT2D eigenvalue weighted by Gasteiger charge is -2.18. The van der Waals surface area contributed by atoms with Crippen molar-refractivity contribution in [2.45, 2.75) is 40.0 Å². The number of carbonyl (C=O) groups excluding carboxylic acids is 1. The van der Waals surface area contributed by atoms with Gasteiger partial charge in [-0.2, -0.15) is 0 Å². The maximum atomic E-state index is 12.2. The van der Waals surface area contributed by atoms with Gasteiger partial charge in [0.05, 0.1) is 0 Å². The van der Waals surface area contributed by atoms with Crippen LogP contribution in [0, 0.1) is 13.8 Å². The average Bonchev–Trinajstić information content (AvgIpc) is 2.49. The molecule has 0 spiro atoms. The molecular weight excluding hydrogens is 282 g/mol. The minimum absolute atomic E-state index is 0.00389. The Morgan fingerprint density at radius 3 is 2.04 bits per heavy atom. The molecule has 0 radical (unpaired) electrons. The van der Waals surface area contributed by atoms with Crippen LogP contribution in [0.2, 0.25) is 0 Å². The second-order valence-corrected chi connectivity index (χ2v) is 6.94. The maximum Gasteiger partial charge on any atom is 0.187 e. The highest BCUT2D eigenvalue weighted by molar-refractivity contribution is 6.04. The summed E-state index contributed by atoms with van der Waals surface area (Å²) < 4.78 is 0. The number of hydrogen-bond donors (Lipinski definition) is 1. The molecule has 2 nitrogen and oxygen atoms in total. The van der Waals surface area contributed by atoms with Gasteiger partial charge in [-0.1, -0.05) is 63.2 Å². The van der Waals surface area contributed by atoms with Crippen LogP contribution in [0.1, 0.15) is 47.8 Å². The molecule has 0 heterocycles. The van der Waals surface area contributed by atoms with Crippen molar-refractivity contribution < 1.29 is 4.79 Å².